The quantitative estimate of drug-likeness (QED) is 0.0127. The maximum atomic E-state index is 14.8. The van der Waals surface area contributed by atoms with E-state index >= 15 is 0 Å². The van der Waals surface area contributed by atoms with Gasteiger partial charge in [0, 0.05) is 94.5 Å². The first-order chi connectivity index (χ1) is 60.0. The van der Waals surface area contributed by atoms with E-state index in [9.17, 15) is 102 Å². The molecule has 15 atom stereocenters. The van der Waals surface area contributed by atoms with Gasteiger partial charge in [-0.05, 0) is 98.9 Å². The van der Waals surface area contributed by atoms with Gasteiger partial charge in [-0.25, -0.2) is 4.79 Å². The number of H-pyrrole nitrogens is 2. The molecule has 25 N–H and O–H groups in total. The molecule has 47 heteroatoms. The summed E-state index contributed by atoms with van der Waals surface area (Å²) < 4.78 is 0. The molecule has 126 heavy (non-hydrogen) atoms. The van der Waals surface area contributed by atoms with Crippen LogP contribution in [0.15, 0.2) is 85.2 Å². The summed E-state index contributed by atoms with van der Waals surface area (Å²) in [5, 5.41) is 79.3. The molecule has 6 rings (SSSR count). The first kappa shape index (κ1) is 104. The van der Waals surface area contributed by atoms with E-state index in [0.717, 1.165) is 11.8 Å². The number of likely N-dealkylation sites (tertiary alicyclic amines) is 1. The summed E-state index contributed by atoms with van der Waals surface area (Å²) in [4.78, 5) is 241. The van der Waals surface area contributed by atoms with Gasteiger partial charge in [-0.1, -0.05) is 62.4 Å². The van der Waals surface area contributed by atoms with Crippen LogP contribution >= 0.6 is 75.8 Å². The molecule has 690 valence electrons. The smallest absolute Gasteiger partial charge is 0.327 e. The summed E-state index contributed by atoms with van der Waals surface area (Å²) in [6.45, 7) is 1.52. The topological polar surface area (TPSA) is 638 Å². The van der Waals surface area contributed by atoms with E-state index < -0.39 is 229 Å². The third kappa shape index (κ3) is 32.1. The number of nitrogens with zero attached hydrogens (tertiary/aromatic N) is 1. The number of amides is 16. The molecule has 1 fully saturated rings. The first-order valence-corrected chi connectivity index (χ1v) is 44.1. The molecule has 2 aromatic heterocycles. The number of aromatic hydroxyl groups is 1. The number of aliphatic carboxylic acids is 1. The van der Waals surface area contributed by atoms with Crippen molar-refractivity contribution < 1.29 is 102 Å². The Morgan fingerprint density at radius 1 is 0.460 bits per heavy atom. The highest BCUT2D eigenvalue weighted by Gasteiger charge is 2.41. The fraction of sp³-hybridized carbons (Fsp3) is 0.506. The van der Waals surface area contributed by atoms with Crippen LogP contribution in [0.2, 0.25) is 0 Å². The Hall–Kier alpha value is -10.5. The number of aromatic amines is 2. The maximum Gasteiger partial charge on any atom is 0.327 e. The fourth-order valence-electron chi connectivity index (χ4n) is 13.2. The summed E-state index contributed by atoms with van der Waals surface area (Å²) in [5.74, 6) is -18.2. The lowest BCUT2D eigenvalue weighted by Gasteiger charge is -2.29. The van der Waals surface area contributed by atoms with Gasteiger partial charge in [-0.3, -0.25) is 76.7 Å². The van der Waals surface area contributed by atoms with Crippen LogP contribution in [0.1, 0.15) is 76.0 Å². The molecular formula is C79H112N20O21S6. The number of hydrogen-bond donors (Lipinski definition) is 29. The second kappa shape index (κ2) is 52.6. The van der Waals surface area contributed by atoms with Crippen LogP contribution in [-0.2, 0) is 101 Å². The van der Waals surface area contributed by atoms with Crippen molar-refractivity contribution in [2.24, 2.45) is 17.4 Å². The summed E-state index contributed by atoms with van der Waals surface area (Å²) in [7, 11) is 0. The fourth-order valence-corrected chi connectivity index (χ4v) is 14.6. The highest BCUT2D eigenvalue weighted by atomic mass is 32.1. The van der Waals surface area contributed by atoms with Gasteiger partial charge in [0.05, 0.1) is 38.4 Å². The second-order valence-corrected chi connectivity index (χ2v) is 32.2. The molecule has 1 saturated heterocycles. The molecule has 16 amide bonds. The second-order valence-electron chi connectivity index (χ2n) is 30.1. The van der Waals surface area contributed by atoms with Gasteiger partial charge in [-0.15, -0.1) is 0 Å². The average molecular weight is 1870 g/mol. The minimum Gasteiger partial charge on any atom is -0.508 e. The summed E-state index contributed by atoms with van der Waals surface area (Å²) >= 11 is 24.8. The molecule has 41 nitrogen and oxygen atoms in total. The van der Waals surface area contributed by atoms with Gasteiger partial charge in [0.1, 0.15) is 84.3 Å². The summed E-state index contributed by atoms with van der Waals surface area (Å²) in [6.07, 6.45) is 1.77. The van der Waals surface area contributed by atoms with Gasteiger partial charge in [0.2, 0.25) is 94.5 Å². The number of carbonyl (C=O) groups excluding carboxylic acids is 16. The number of hydrogen-bond acceptors (Lipinski definition) is 28. The van der Waals surface area contributed by atoms with Crippen LogP contribution in [0, 0.1) is 5.92 Å². The zero-order valence-electron chi connectivity index (χ0n) is 69.2. The third-order valence-electron chi connectivity index (χ3n) is 20.0. The monoisotopic (exact) mass is 1870 g/mol. The van der Waals surface area contributed by atoms with E-state index in [4.69, 9.17) is 11.5 Å². The van der Waals surface area contributed by atoms with E-state index in [1.54, 1.807) is 74.8 Å². The van der Waals surface area contributed by atoms with Crippen LogP contribution < -0.4 is 91.2 Å². The minimum absolute atomic E-state index is 0.0170. The van der Waals surface area contributed by atoms with E-state index in [0.29, 0.717) is 51.3 Å². The highest BCUT2D eigenvalue weighted by Crippen LogP contribution is 2.24. The Bertz CT molecular complexity index is 4630. The lowest BCUT2D eigenvalue weighted by atomic mass is 10.0. The number of carbonyl (C=O) groups is 17. The van der Waals surface area contributed by atoms with Gasteiger partial charge in [0.25, 0.3) is 0 Å². The number of benzene rings is 3. The predicted octanol–water partition coefficient (Wildman–Crippen LogP) is -5.92. The Morgan fingerprint density at radius 3 is 1.35 bits per heavy atom. The Balaban J connectivity index is 1.13. The van der Waals surface area contributed by atoms with Gasteiger partial charge < -0.3 is 127 Å². The summed E-state index contributed by atoms with van der Waals surface area (Å²) in [5.41, 5.74) is 14.3. The Morgan fingerprint density at radius 2 is 0.865 bits per heavy atom. The molecule has 0 radical (unpaired) electrons. The van der Waals surface area contributed by atoms with Crippen molar-refractivity contribution in [2.45, 2.75) is 169 Å². The van der Waals surface area contributed by atoms with Crippen molar-refractivity contribution in [1.29, 1.82) is 0 Å². The van der Waals surface area contributed by atoms with Crippen LogP contribution in [-0.4, -0.2) is 300 Å². The van der Waals surface area contributed by atoms with E-state index in [2.05, 4.69) is 165 Å². The number of aliphatic hydroxyl groups excluding tert-OH is 2. The molecule has 0 bridgehead atoms. The van der Waals surface area contributed by atoms with E-state index in [1.165, 1.54) is 24.3 Å². The van der Waals surface area contributed by atoms with Crippen molar-refractivity contribution in [1.82, 2.24) is 94.6 Å². The summed E-state index contributed by atoms with van der Waals surface area (Å²) in [6, 6.07) is -0.712. The lowest BCUT2D eigenvalue weighted by molar-refractivity contribution is -0.143. The van der Waals surface area contributed by atoms with Gasteiger partial charge in [-0.2, -0.15) is 75.8 Å². The molecule has 3 aromatic carbocycles. The van der Waals surface area contributed by atoms with Crippen LogP contribution in [0.4, 0.5) is 0 Å². The van der Waals surface area contributed by atoms with Crippen molar-refractivity contribution in [2.75, 3.05) is 73.8 Å². The van der Waals surface area contributed by atoms with Crippen LogP contribution in [0.25, 0.3) is 21.8 Å². The number of para-hydroxylation sites is 2. The van der Waals surface area contributed by atoms with Gasteiger partial charge >= 0.3 is 5.97 Å². The van der Waals surface area contributed by atoms with Crippen LogP contribution in [0.5, 0.6) is 5.75 Å². The van der Waals surface area contributed by atoms with Crippen molar-refractivity contribution in [3.8, 4) is 5.75 Å². The number of carboxylic acids is 1. The number of fused-ring (bicyclic) bond motifs is 2. The standard InChI is InChI=1S/C79H112N20O21S6/c1-39(2)23-51(67(107)84-30-63(104)88-57(35-123)73(113)94-55(32-100)78(118)99-22-10-16-61(99)76(116)96-56(34-122)69(109)86-31-64(105)89-60(38-126)79(119)120)91-71(111)54(26-43-28-83-49-14-7-5-12-46(43)49)93-75(115)59(37-125)97-77(117)65(40(3)101)98-72(112)53(25-42-27-82-48-13-6-4-11-45(42)48)87-62(103)29-85-68(108)52(24-41-17-19-44(102)20-18-41)92-70(110)50(15-8-9-21-80)90-74(114)58(36-124)95-66(106)47(81)33-121/h4-7,11-14,17-20,27-28,39-40,47,50-61,65,82-83,100-102,121-126H,8-10,15-16,21-26,29-38,80-81H2,1-3H3,(H,84,107)(H,85,108)(H,86,109)(H,87,103)(H,88,104)(H,89,105)(H,90,114)(H,91,111)(H,92,110)(H,93,115)(H,94,113)(H,95,106)(H,96,116)(H,97,117)(H,98,112)(H,119,120). The van der Waals surface area contributed by atoms with Crippen molar-refractivity contribution in [3.63, 3.8) is 0 Å². The normalized spacial score (nSPS) is 15.8. The molecule has 0 saturated carbocycles. The molecule has 5 aromatic rings. The van der Waals surface area contributed by atoms with Crippen molar-refractivity contribution in [3.05, 3.63) is 102 Å². The highest BCUT2D eigenvalue weighted by molar-refractivity contribution is 7.81. The predicted molar refractivity (Wildman–Crippen MR) is 483 cm³/mol. The molecule has 15 unspecified atom stereocenters. The molecule has 3 heterocycles. The number of rotatable bonds is 52. The number of phenols is 1. The Labute approximate surface area is 758 Å². The largest absolute Gasteiger partial charge is 0.508 e. The third-order valence-corrected chi connectivity index (χ3v) is 22.2. The number of nitrogens with two attached hydrogens (primary N) is 2. The zero-order chi connectivity index (χ0) is 93.0. The lowest BCUT2D eigenvalue weighted by Crippen LogP contribution is -2.62. The van der Waals surface area contributed by atoms with Crippen LogP contribution in [0.3, 0.4) is 0 Å². The number of nitrogens with one attached hydrogen (secondary N) is 17. The van der Waals surface area contributed by atoms with Crippen molar-refractivity contribution >= 4 is 198 Å². The minimum atomic E-state index is -1.89. The van der Waals surface area contributed by atoms with E-state index in [1.807, 2.05) is 0 Å². The van der Waals surface area contributed by atoms with Gasteiger partial charge in [0.15, 0.2) is 0 Å². The average Bonchev–Trinajstić information content (AvgIpc) is 1.66. The number of phenolic OH excluding ortho intramolecular Hbond substituents is 1. The number of aliphatic hydroxyl groups is 2. The first-order valence-electron chi connectivity index (χ1n) is 40.3. The molecule has 1 aliphatic heterocycles. The molecule has 0 aliphatic carbocycles. The molecule has 0 spiro atoms. The maximum absolute atomic E-state index is 14.8. The number of unbranched alkanes of at least 4 members (excludes halogenated alkanes) is 1. The Kier molecular flexibility index (Phi) is 43.5. The number of thiol groups is 6. The molecular weight excluding hydrogens is 1760 g/mol. The number of aromatic nitrogens is 2. The number of carboxylic acid groups (broad SMARTS) is 1. The van der Waals surface area contributed by atoms with E-state index in [-0.39, 0.29) is 92.7 Å². The zero-order valence-corrected chi connectivity index (χ0v) is 74.6. The SMILES string of the molecule is CC(C)CC(NC(=O)C(Cc1c[nH]c2ccccc12)NC(=O)C(CS)NC(=O)C(NC(=O)C(Cc1c[nH]c2ccccc12)NC(=O)CNC(=O)C(Cc1ccc(O)cc1)NC(=O)C(CCCCN)NC(=O)C(CS)NC(=O)C(N)CS)C(C)O)C(=O)NCC(=O)NC(CS)C(=O)NC(CO)C(=O)N1CCCC1C(=O)NC(CS)C(=O)NCC(=O)NC(CS)C(=O)O. The molecule has 1 aliphatic rings.